The van der Waals surface area contributed by atoms with Crippen molar-refractivity contribution in [3.63, 3.8) is 0 Å². The minimum atomic E-state index is -0.779. The van der Waals surface area contributed by atoms with E-state index in [1.807, 2.05) is 84.9 Å². The van der Waals surface area contributed by atoms with Gasteiger partial charge in [-0.05, 0) is 45.3 Å². The van der Waals surface area contributed by atoms with Gasteiger partial charge in [-0.1, -0.05) is 78.9 Å². The van der Waals surface area contributed by atoms with Crippen LogP contribution in [0, 0.1) is 3.57 Å². The van der Waals surface area contributed by atoms with Crippen LogP contribution >= 0.6 is 22.6 Å². The summed E-state index contributed by atoms with van der Waals surface area (Å²) in [5.74, 6) is -1.31. The van der Waals surface area contributed by atoms with Crippen LogP contribution in [0.3, 0.4) is 0 Å². The van der Waals surface area contributed by atoms with Crippen molar-refractivity contribution >= 4 is 34.4 Å². The molecule has 0 spiro atoms. The highest BCUT2D eigenvalue weighted by molar-refractivity contribution is 14.1. The molecule has 0 fully saturated rings. The molecule has 0 radical (unpaired) electrons. The Kier molecular flexibility index (Phi) is 6.81. The number of halogens is 1. The summed E-state index contributed by atoms with van der Waals surface area (Å²) < 4.78 is 1.03. The first-order chi connectivity index (χ1) is 13.6. The SMILES string of the molecule is NC(=O)[C@@H](Cc1ccccc1I)NC(=O)C(c1ccccc1)c1ccccc1. The number of rotatable bonds is 7. The van der Waals surface area contributed by atoms with Crippen LogP contribution in [0.25, 0.3) is 0 Å². The highest BCUT2D eigenvalue weighted by atomic mass is 127. The van der Waals surface area contributed by atoms with Gasteiger partial charge in [0.25, 0.3) is 0 Å². The molecule has 0 saturated heterocycles. The van der Waals surface area contributed by atoms with Crippen molar-refractivity contribution in [1.82, 2.24) is 5.32 Å². The Hall–Kier alpha value is -2.67. The summed E-state index contributed by atoms with van der Waals surface area (Å²) >= 11 is 2.22. The number of carbonyl (C=O) groups is 2. The van der Waals surface area contributed by atoms with Crippen LogP contribution in [-0.4, -0.2) is 17.9 Å². The summed E-state index contributed by atoms with van der Waals surface area (Å²) in [7, 11) is 0. The molecule has 142 valence electrons. The maximum absolute atomic E-state index is 13.2. The molecule has 5 heteroatoms. The highest BCUT2D eigenvalue weighted by Crippen LogP contribution is 2.25. The Morgan fingerprint density at radius 2 is 1.32 bits per heavy atom. The van der Waals surface area contributed by atoms with E-state index in [1.54, 1.807) is 0 Å². The van der Waals surface area contributed by atoms with Gasteiger partial charge in [0, 0.05) is 9.99 Å². The van der Waals surface area contributed by atoms with Crippen molar-refractivity contribution in [2.24, 2.45) is 5.73 Å². The van der Waals surface area contributed by atoms with E-state index in [2.05, 4.69) is 27.9 Å². The van der Waals surface area contributed by atoms with Crippen molar-refractivity contribution in [3.8, 4) is 0 Å². The molecule has 0 aliphatic heterocycles. The lowest BCUT2D eigenvalue weighted by molar-refractivity contribution is -0.127. The summed E-state index contributed by atoms with van der Waals surface area (Å²) in [5, 5.41) is 2.87. The summed E-state index contributed by atoms with van der Waals surface area (Å²) in [6, 6.07) is 26.0. The van der Waals surface area contributed by atoms with Crippen LogP contribution in [-0.2, 0) is 16.0 Å². The Morgan fingerprint density at radius 3 is 1.82 bits per heavy atom. The summed E-state index contributed by atoms with van der Waals surface area (Å²) in [6.45, 7) is 0. The molecule has 3 aromatic carbocycles. The van der Waals surface area contributed by atoms with Gasteiger partial charge in [-0.3, -0.25) is 9.59 Å². The number of primary amides is 1. The monoisotopic (exact) mass is 484 g/mol. The molecular weight excluding hydrogens is 463 g/mol. The molecule has 3 aromatic rings. The Labute approximate surface area is 178 Å². The molecule has 4 nitrogen and oxygen atoms in total. The molecule has 3 N–H and O–H groups in total. The highest BCUT2D eigenvalue weighted by Gasteiger charge is 2.27. The van der Waals surface area contributed by atoms with Crippen LogP contribution < -0.4 is 11.1 Å². The number of carbonyl (C=O) groups excluding carboxylic acids is 2. The first-order valence-corrected chi connectivity index (χ1v) is 10.1. The zero-order valence-corrected chi connectivity index (χ0v) is 17.4. The van der Waals surface area contributed by atoms with Gasteiger partial charge in [0.05, 0.1) is 5.92 Å². The Morgan fingerprint density at radius 1 is 0.821 bits per heavy atom. The number of benzene rings is 3. The maximum atomic E-state index is 13.2. The molecule has 0 aliphatic rings. The van der Waals surface area contributed by atoms with Crippen molar-refractivity contribution in [1.29, 1.82) is 0 Å². The van der Waals surface area contributed by atoms with Gasteiger partial charge in [0.2, 0.25) is 11.8 Å². The van der Waals surface area contributed by atoms with E-state index in [0.29, 0.717) is 6.42 Å². The van der Waals surface area contributed by atoms with Gasteiger partial charge < -0.3 is 11.1 Å². The average molecular weight is 484 g/mol. The van der Waals surface area contributed by atoms with E-state index in [4.69, 9.17) is 5.73 Å². The van der Waals surface area contributed by atoms with Gasteiger partial charge in [-0.25, -0.2) is 0 Å². The molecule has 1 atom stereocenters. The molecule has 0 unspecified atom stereocenters. The topological polar surface area (TPSA) is 72.2 Å². The second kappa shape index (κ2) is 9.50. The van der Waals surface area contributed by atoms with Gasteiger partial charge in [0.15, 0.2) is 0 Å². The van der Waals surface area contributed by atoms with E-state index in [0.717, 1.165) is 20.3 Å². The van der Waals surface area contributed by atoms with Crippen LogP contribution in [0.4, 0.5) is 0 Å². The smallest absolute Gasteiger partial charge is 0.240 e. The fraction of sp³-hybridized carbons (Fsp3) is 0.130. The molecule has 2 amide bonds. The molecule has 0 heterocycles. The first-order valence-electron chi connectivity index (χ1n) is 8.99. The minimum Gasteiger partial charge on any atom is -0.368 e. The molecule has 0 aromatic heterocycles. The van der Waals surface area contributed by atoms with E-state index in [1.165, 1.54) is 0 Å². The number of amides is 2. The molecular formula is C23H21IN2O2. The average Bonchev–Trinajstić information content (AvgIpc) is 2.71. The largest absolute Gasteiger partial charge is 0.368 e. The van der Waals surface area contributed by atoms with Gasteiger partial charge in [0.1, 0.15) is 6.04 Å². The van der Waals surface area contributed by atoms with Crippen LogP contribution in [0.5, 0.6) is 0 Å². The van der Waals surface area contributed by atoms with E-state index >= 15 is 0 Å². The molecule has 3 rings (SSSR count). The minimum absolute atomic E-state index is 0.243. The third kappa shape index (κ3) is 4.98. The summed E-state index contributed by atoms with van der Waals surface area (Å²) in [6.07, 6.45) is 0.358. The number of nitrogens with one attached hydrogen (secondary N) is 1. The summed E-state index contributed by atoms with van der Waals surface area (Å²) in [4.78, 5) is 25.3. The standard InChI is InChI=1S/C23H21IN2O2/c24-19-14-8-7-13-18(19)15-20(22(25)27)26-23(28)21(16-9-3-1-4-10-16)17-11-5-2-6-12-17/h1-14,20-21H,15H2,(H2,25,27)(H,26,28)/t20-/m1/s1. The maximum Gasteiger partial charge on any atom is 0.240 e. The third-order valence-electron chi connectivity index (χ3n) is 4.57. The Bertz CT molecular complexity index is 906. The second-order valence-electron chi connectivity index (χ2n) is 6.51. The zero-order chi connectivity index (χ0) is 19.9. The lowest BCUT2D eigenvalue weighted by Gasteiger charge is -2.22. The van der Waals surface area contributed by atoms with Gasteiger partial charge >= 0.3 is 0 Å². The van der Waals surface area contributed by atoms with E-state index < -0.39 is 17.9 Å². The lowest BCUT2D eigenvalue weighted by atomic mass is 9.90. The second-order valence-corrected chi connectivity index (χ2v) is 7.68. The van der Waals surface area contributed by atoms with Crippen LogP contribution in [0.15, 0.2) is 84.9 Å². The molecule has 0 bridgehead atoms. The predicted molar refractivity (Wildman–Crippen MR) is 119 cm³/mol. The fourth-order valence-corrected chi connectivity index (χ4v) is 3.76. The van der Waals surface area contributed by atoms with Crippen molar-refractivity contribution in [2.45, 2.75) is 18.4 Å². The third-order valence-corrected chi connectivity index (χ3v) is 5.62. The quantitative estimate of drug-likeness (QED) is 0.503. The predicted octanol–water partition coefficient (Wildman–Crippen LogP) is 3.64. The first kappa shape index (κ1) is 20.1. The number of hydrogen-bond acceptors (Lipinski definition) is 2. The van der Waals surface area contributed by atoms with E-state index in [9.17, 15) is 9.59 Å². The Balaban J connectivity index is 1.87. The van der Waals surface area contributed by atoms with Crippen molar-refractivity contribution in [2.75, 3.05) is 0 Å². The molecule has 0 aliphatic carbocycles. The fourth-order valence-electron chi connectivity index (χ4n) is 3.15. The summed E-state index contributed by atoms with van der Waals surface area (Å²) in [5.41, 5.74) is 8.31. The van der Waals surface area contributed by atoms with Crippen molar-refractivity contribution < 1.29 is 9.59 Å². The zero-order valence-electron chi connectivity index (χ0n) is 15.2. The van der Waals surface area contributed by atoms with Gasteiger partial charge in [-0.15, -0.1) is 0 Å². The molecule has 28 heavy (non-hydrogen) atoms. The van der Waals surface area contributed by atoms with Crippen LogP contribution in [0.2, 0.25) is 0 Å². The van der Waals surface area contributed by atoms with E-state index in [-0.39, 0.29) is 5.91 Å². The van der Waals surface area contributed by atoms with Crippen LogP contribution in [0.1, 0.15) is 22.6 Å². The normalized spacial score (nSPS) is 11.8. The number of nitrogens with two attached hydrogens (primary N) is 1. The lowest BCUT2D eigenvalue weighted by Crippen LogP contribution is -2.47. The number of hydrogen-bond donors (Lipinski definition) is 2. The van der Waals surface area contributed by atoms with Gasteiger partial charge in [-0.2, -0.15) is 0 Å². The van der Waals surface area contributed by atoms with Crippen molar-refractivity contribution in [3.05, 3.63) is 105 Å². The molecule has 0 saturated carbocycles.